The van der Waals surface area contributed by atoms with Crippen LogP contribution in [0.1, 0.15) is 234 Å². The molecule has 0 saturated heterocycles. The Balaban J connectivity index is 0.0000000847. The maximum absolute atomic E-state index is 9.84. The maximum atomic E-state index is 9.84. The molecule has 0 bridgehead atoms. The van der Waals surface area contributed by atoms with Gasteiger partial charge in [-0.1, -0.05) is 323 Å². The van der Waals surface area contributed by atoms with Gasteiger partial charge in [0.25, 0.3) is 26.9 Å². The fraction of sp³-hybridized carbons (Fsp3) is 0.328. The van der Waals surface area contributed by atoms with E-state index in [0.29, 0.717) is 6.71 Å². The highest BCUT2D eigenvalue weighted by atomic mass is 15.3. The van der Waals surface area contributed by atoms with Gasteiger partial charge in [-0.05, 0) is 283 Å². The third kappa shape index (κ3) is 9.48. The van der Waals surface area contributed by atoms with Crippen LogP contribution in [0.5, 0.6) is 0 Å². The highest BCUT2D eigenvalue weighted by Gasteiger charge is 2.72. The number of hydrogen-bond donors (Lipinski definition) is 0. The monoisotopic (exact) mass is 1890 g/mol. The third-order valence-corrected chi connectivity index (χ3v) is 44.7. The highest BCUT2D eigenvalue weighted by molar-refractivity contribution is 7.03. The van der Waals surface area contributed by atoms with E-state index in [4.69, 9.17) is 0 Å². The van der Waals surface area contributed by atoms with Crippen molar-refractivity contribution in [1.82, 2.24) is 13.7 Å². The number of fused-ring (bicyclic) bond motifs is 42. The van der Waals surface area contributed by atoms with Crippen molar-refractivity contribution in [3.05, 3.63) is 319 Å². The molecule has 15 aromatic carbocycles. The van der Waals surface area contributed by atoms with Crippen molar-refractivity contribution in [2.24, 2.45) is 23.7 Å². The van der Waals surface area contributed by atoms with Crippen LogP contribution in [0, 0.1) is 23.7 Å². The summed E-state index contributed by atoms with van der Waals surface area (Å²) < 4.78 is 27.2. The number of nitrogens with zero attached hydrogens (tertiary/aromatic N) is 8. The molecule has 18 aromatic rings. The molecule has 146 heavy (non-hydrogen) atoms. The Morgan fingerprint density at radius 2 is 0.603 bits per heavy atom. The molecular formula is C134H124B4N8. The van der Waals surface area contributed by atoms with Crippen LogP contribution in [0.2, 0.25) is 0 Å². The Hall–Kier alpha value is -13.0. The smallest absolute Gasteiger partial charge is 0.252 e. The molecule has 6 fully saturated rings. The summed E-state index contributed by atoms with van der Waals surface area (Å²) in [4.78, 5) is 13.6. The summed E-state index contributed by atoms with van der Waals surface area (Å²) in [7, 11) is 0. The first-order valence-electron chi connectivity index (χ1n) is 57.3. The topological polar surface area (TPSA) is 31.0 Å². The molecule has 0 spiro atoms. The minimum absolute atomic E-state index is 0.0120. The maximum Gasteiger partial charge on any atom is 0.252 e. The van der Waals surface area contributed by atoms with Gasteiger partial charge >= 0.3 is 0 Å². The Bertz CT molecular complexity index is 8850. The molecule has 8 nitrogen and oxygen atoms in total. The van der Waals surface area contributed by atoms with Crippen LogP contribution in [0.15, 0.2) is 291 Å². The van der Waals surface area contributed by atoms with Gasteiger partial charge in [0.15, 0.2) is 0 Å². The summed E-state index contributed by atoms with van der Waals surface area (Å²) in [5.74, 6) is 2.39. The second kappa shape index (κ2) is 28.3. The van der Waals surface area contributed by atoms with Gasteiger partial charge in [-0.3, -0.25) is 0 Å². The van der Waals surface area contributed by atoms with E-state index in [1.54, 1.807) is 27.8 Å². The standard InChI is InChI=1S/C40H39BN2.C32H27BN2.C32H35BN2.C30H23BN2/c1-39-28-16-6-3-12-24(28)25-13-4-7-17-29(25)40(39,2)43-35-23-11-22-34-36(35)41(32-20-10-18-30(39)38(32)43)31-19-9-15-27-26-14-5-8-21-33(26)42(34)37(27)31;1-31-18-5-6-19-32(31,2)35-27-17-9-16-26-28(27)33(24-14-8-12-22(31)30(24)35)23-13-7-11-21-20-10-3-4-15-25(20)34(26)29(21)23;1-29(2)20-12-9-14-22-27(20)34(30(29,3)4)24-16-11-17-25-26(24)33(22)23-15-10-13-21-28(23)35(25)32(6)19-8-7-18-31(21,32)5;1-3-14-24-18(8-1)20-10-5-12-22-29(20)32(24)26-16-7-17-27-28(26)31(22)23-13-6-11-21-19-9-2-4-15-25(19)33(27)30(21)23/h5,8-11,14-15,18-25,28-29H,3-4,6-7,12-13,16-17H2,1-2H3;3-4,7-17H,5-6,18-19H2,1-2H3;9-17H,7-8,18-19H2,1-6H3;1,3,5-8,10-14,16-17,19,25H,2,4,9,15H2/i;;;19D,25D. The van der Waals surface area contributed by atoms with Crippen LogP contribution in [0.4, 0.5) is 56.9 Å². The van der Waals surface area contributed by atoms with Crippen molar-refractivity contribution >= 4 is 215 Å². The molecule has 3 aromatic heterocycles. The molecule has 13 aliphatic heterocycles. The first-order valence-corrected chi connectivity index (χ1v) is 56.3. The second-order valence-electron chi connectivity index (χ2n) is 50.2. The zero-order chi connectivity index (χ0) is 98.6. The third-order valence-electron chi connectivity index (χ3n) is 44.7. The summed E-state index contributed by atoms with van der Waals surface area (Å²) in [5.41, 5.74) is 51.9. The van der Waals surface area contributed by atoms with E-state index in [1.807, 2.05) is 0 Å². The predicted octanol–water partition coefficient (Wildman–Crippen LogP) is 24.3. The SMILES string of the molecule is CC1(C)c2cccc3c2N(c2cccc4c2B3c2cccc3c2N4C2(C)CCCCC32C)C1(C)C.CC12CCCCC1(C)N1c3cccc4c3B(c3cccc2c31)c1cccc2c3ccccc3n-4c12.CC12c3cccc4c3N(c3cccc5c3B4c3cccc4c6ccccc6n-5c34)C1(C)C1CCCCC1C1CCCCC12.[2H]C12CCCCC1([2H])N1c3cccc4c3B(c3cccc2c31)c1cccc2c3ccccc3n-4c12. The van der Waals surface area contributed by atoms with Crippen molar-refractivity contribution in [2.45, 2.75) is 253 Å². The predicted molar refractivity (Wildman–Crippen MR) is 618 cm³/mol. The molecule has 0 radical (unpaired) electrons. The van der Waals surface area contributed by atoms with Crippen LogP contribution < -0.4 is 90.1 Å². The van der Waals surface area contributed by atoms with Crippen molar-refractivity contribution in [1.29, 1.82) is 0 Å². The average Bonchev–Trinajstić information content (AvgIpc) is 1.48. The van der Waals surface area contributed by atoms with Gasteiger partial charge in [0.2, 0.25) is 0 Å². The zero-order valence-electron chi connectivity index (χ0n) is 88.1. The molecule has 16 heterocycles. The number of hydrogen-bond acceptors (Lipinski definition) is 5. The van der Waals surface area contributed by atoms with Gasteiger partial charge in [0, 0.05) is 163 Å². The Morgan fingerprint density at radius 3 is 1.10 bits per heavy atom. The van der Waals surface area contributed by atoms with E-state index >= 15 is 0 Å². The fourth-order valence-corrected chi connectivity index (χ4v) is 37.6. The Kier molecular flexibility index (Phi) is 15.9. The molecule has 12 unspecified atom stereocenters. The number of rotatable bonds is 0. The number of aromatic nitrogens is 3. The summed E-state index contributed by atoms with van der Waals surface area (Å²) >= 11 is 0. The van der Waals surface area contributed by atoms with Crippen LogP contribution in [-0.4, -0.2) is 68.7 Å². The van der Waals surface area contributed by atoms with Gasteiger partial charge in [-0.15, -0.1) is 0 Å². The molecular weight excluding hydrogens is 1760 g/mol. The van der Waals surface area contributed by atoms with E-state index < -0.39 is 11.9 Å². The van der Waals surface area contributed by atoms with Crippen LogP contribution in [0.3, 0.4) is 0 Å². The van der Waals surface area contributed by atoms with Crippen molar-refractivity contribution in [2.75, 3.05) is 24.5 Å². The van der Waals surface area contributed by atoms with Gasteiger partial charge in [0.05, 0.1) is 34.5 Å². The molecule has 0 N–H and O–H groups in total. The summed E-state index contributed by atoms with van der Waals surface area (Å²) in [6, 6.07) is 110. The van der Waals surface area contributed by atoms with Crippen molar-refractivity contribution in [3.63, 3.8) is 0 Å². The van der Waals surface area contributed by atoms with Crippen LogP contribution in [-0.2, 0) is 21.7 Å². The van der Waals surface area contributed by atoms with Gasteiger partial charge in [0.1, 0.15) is 0 Å². The van der Waals surface area contributed by atoms with Crippen LogP contribution in [0.25, 0.3) is 82.5 Å². The van der Waals surface area contributed by atoms with E-state index in [2.05, 4.69) is 399 Å². The molecule has 19 aliphatic rings. The van der Waals surface area contributed by atoms with Gasteiger partial charge in [-0.2, -0.15) is 0 Å². The van der Waals surface area contributed by atoms with Crippen LogP contribution >= 0.6 is 0 Å². The average molecular weight is 1890 g/mol. The summed E-state index contributed by atoms with van der Waals surface area (Å²) in [6.45, 7) is 26.4. The normalized spacial score (nSPS) is 28.7. The fourth-order valence-electron chi connectivity index (χ4n) is 37.6. The first kappa shape index (κ1) is 82.1. The second-order valence-corrected chi connectivity index (χ2v) is 50.2. The van der Waals surface area contributed by atoms with E-state index in [9.17, 15) is 2.74 Å². The molecule has 37 rings (SSSR count). The zero-order valence-corrected chi connectivity index (χ0v) is 86.1. The molecule has 6 saturated carbocycles. The summed E-state index contributed by atoms with van der Waals surface area (Å²) in [6.07, 6.45) is 25.3. The Morgan fingerprint density at radius 1 is 0.267 bits per heavy atom. The molecule has 12 heteroatoms. The lowest BCUT2D eigenvalue weighted by Crippen LogP contribution is -2.70. The molecule has 0 amide bonds. The number of anilines is 10. The van der Waals surface area contributed by atoms with Gasteiger partial charge < -0.3 is 38.2 Å². The van der Waals surface area contributed by atoms with Gasteiger partial charge in [-0.25, -0.2) is 0 Å². The van der Waals surface area contributed by atoms with E-state index in [1.165, 1.54) is 291 Å². The van der Waals surface area contributed by atoms with E-state index in [-0.39, 0.29) is 64.0 Å². The van der Waals surface area contributed by atoms with E-state index in [0.717, 1.165) is 66.3 Å². The quantitative estimate of drug-likeness (QED) is 0.141. The lowest BCUT2D eigenvalue weighted by Gasteiger charge is -2.66. The van der Waals surface area contributed by atoms with Crippen molar-refractivity contribution < 1.29 is 2.74 Å². The first-order chi connectivity index (χ1) is 72.0. The number of para-hydroxylation sites is 11. The molecule has 12 atom stereocenters. The highest BCUT2D eigenvalue weighted by Crippen LogP contribution is 2.73. The summed E-state index contributed by atoms with van der Waals surface area (Å²) in [5, 5.41) is 8.07. The minimum atomic E-state index is -0.977. The number of benzene rings is 15. The molecule has 712 valence electrons. The minimum Gasteiger partial charge on any atom is -0.338 e. The largest absolute Gasteiger partial charge is 0.338 e. The Labute approximate surface area is 862 Å². The lowest BCUT2D eigenvalue weighted by molar-refractivity contribution is -0.0768. The lowest BCUT2D eigenvalue weighted by atomic mass is 9.33. The van der Waals surface area contributed by atoms with Crippen molar-refractivity contribution in [3.8, 4) is 17.1 Å². The molecule has 6 aliphatic carbocycles.